The van der Waals surface area contributed by atoms with E-state index >= 15 is 0 Å². The Bertz CT molecular complexity index is 1440. The van der Waals surface area contributed by atoms with Crippen LogP contribution in [0, 0.1) is 11.3 Å². The maximum atomic E-state index is 13.7. The van der Waals surface area contributed by atoms with Crippen LogP contribution in [0.5, 0.6) is 0 Å². The maximum absolute atomic E-state index is 13.7. The van der Waals surface area contributed by atoms with E-state index in [9.17, 15) is 21.6 Å². The molecule has 3 aliphatic rings. The van der Waals surface area contributed by atoms with Gasteiger partial charge < -0.3 is 4.57 Å². The van der Waals surface area contributed by atoms with Crippen molar-refractivity contribution in [3.05, 3.63) is 59.8 Å². The largest absolute Gasteiger partial charge is 0.417 e. The molecule has 0 spiro atoms. The van der Waals surface area contributed by atoms with E-state index in [1.54, 1.807) is 31.2 Å². The van der Waals surface area contributed by atoms with Gasteiger partial charge in [-0.1, -0.05) is 51.1 Å². The quantitative estimate of drug-likeness (QED) is 0.351. The van der Waals surface area contributed by atoms with Crippen molar-refractivity contribution in [3.63, 3.8) is 0 Å². The van der Waals surface area contributed by atoms with Gasteiger partial charge in [-0.2, -0.15) is 17.6 Å². The molecule has 35 heavy (non-hydrogen) atoms. The van der Waals surface area contributed by atoms with Gasteiger partial charge in [-0.05, 0) is 60.8 Å². The number of hydrogen-bond donors (Lipinski definition) is 0. The van der Waals surface area contributed by atoms with Gasteiger partial charge in [0.15, 0.2) is 0 Å². The molecule has 0 unspecified atom stereocenters. The van der Waals surface area contributed by atoms with Gasteiger partial charge in [0.1, 0.15) is 0 Å². The fraction of sp³-hybridized carbons (Fsp3) is 0.444. The van der Waals surface area contributed by atoms with Gasteiger partial charge in [-0.25, -0.2) is 8.42 Å². The van der Waals surface area contributed by atoms with Gasteiger partial charge in [-0.3, -0.25) is 0 Å². The molecule has 8 heteroatoms. The van der Waals surface area contributed by atoms with Crippen LogP contribution in [0.2, 0.25) is 0 Å². The molecule has 3 saturated carbocycles. The Hall–Kier alpha value is -2.61. The monoisotopic (exact) mass is 502 g/mol. The van der Waals surface area contributed by atoms with Gasteiger partial charge in [0, 0.05) is 29.2 Å². The lowest BCUT2D eigenvalue weighted by Crippen LogP contribution is -2.62. The topological polar surface area (TPSA) is 51.4 Å². The molecule has 3 aliphatic carbocycles. The van der Waals surface area contributed by atoms with Crippen molar-refractivity contribution in [2.45, 2.75) is 64.4 Å². The van der Waals surface area contributed by atoms with Gasteiger partial charge in [-0.15, -0.1) is 0 Å². The molecule has 1 heterocycles. The van der Waals surface area contributed by atoms with Gasteiger partial charge in [0.2, 0.25) is 0 Å². The summed E-state index contributed by atoms with van der Waals surface area (Å²) in [5.41, 5.74) is 1.64. The maximum Gasteiger partial charge on any atom is 0.417 e. The van der Waals surface area contributed by atoms with Crippen LogP contribution in [0.25, 0.3) is 22.0 Å². The molecule has 186 valence electrons. The van der Waals surface area contributed by atoms with Gasteiger partial charge in [0.25, 0.3) is 10.0 Å². The predicted octanol–water partition coefficient (Wildman–Crippen LogP) is 7.06. The Morgan fingerprint density at radius 2 is 1.74 bits per heavy atom. The Morgan fingerprint density at radius 3 is 2.31 bits per heavy atom. The first-order chi connectivity index (χ1) is 16.2. The summed E-state index contributed by atoms with van der Waals surface area (Å²) >= 11 is 0. The summed E-state index contributed by atoms with van der Waals surface area (Å²) in [6.07, 6.45) is -0.505. The molecule has 0 N–H and O–H groups in total. The zero-order valence-corrected chi connectivity index (χ0v) is 21.1. The minimum atomic E-state index is -4.47. The summed E-state index contributed by atoms with van der Waals surface area (Å²) in [6.45, 7) is 8.55. The van der Waals surface area contributed by atoms with Crippen LogP contribution in [0.15, 0.2) is 53.1 Å². The van der Waals surface area contributed by atoms with Crippen molar-refractivity contribution in [2.24, 2.45) is 15.7 Å². The molecular weight excluding hydrogens is 473 g/mol. The first kappa shape index (κ1) is 24.1. The molecule has 1 aromatic heterocycles. The first-order valence-corrected chi connectivity index (χ1v) is 13.2. The van der Waals surface area contributed by atoms with Crippen LogP contribution in [0.3, 0.4) is 0 Å². The molecule has 4 nitrogen and oxygen atoms in total. The number of alkyl halides is 3. The standard InChI is InChI=1S/C27H29F3N2O2S/c1-17(31-35(33,34)26-12-18(13-26)14-26)22-15-32(16-25(2,3)4)24-11-19(9-10-21(22)24)20-7-5-6-8-23(20)27(28,29)30/h5-11,15,18H,12-14,16H2,1-4H3/b31-17+. The van der Waals surface area contributed by atoms with E-state index in [4.69, 9.17) is 0 Å². The highest BCUT2D eigenvalue weighted by molar-refractivity contribution is 7.91. The molecule has 6 rings (SSSR count). The van der Waals surface area contributed by atoms with E-state index < -0.39 is 26.5 Å². The van der Waals surface area contributed by atoms with Crippen molar-refractivity contribution in [1.82, 2.24) is 4.57 Å². The summed E-state index contributed by atoms with van der Waals surface area (Å²) in [4.78, 5) is 0. The summed E-state index contributed by atoms with van der Waals surface area (Å²) in [5, 5.41) is 0.775. The third kappa shape index (κ3) is 4.09. The van der Waals surface area contributed by atoms with Crippen LogP contribution in [-0.2, 0) is 22.7 Å². The number of nitrogens with zero attached hydrogens (tertiary/aromatic N) is 2. The Labute approximate surface area is 203 Å². The Morgan fingerprint density at radius 1 is 1.09 bits per heavy atom. The van der Waals surface area contributed by atoms with Crippen molar-refractivity contribution in [2.75, 3.05) is 0 Å². The average Bonchev–Trinajstić information content (AvgIpc) is 3.00. The highest BCUT2D eigenvalue weighted by Gasteiger charge is 2.65. The number of halogens is 3. The zero-order valence-electron chi connectivity index (χ0n) is 20.3. The molecule has 0 atom stereocenters. The summed E-state index contributed by atoms with van der Waals surface area (Å²) in [6, 6.07) is 10.8. The second-order valence-electron chi connectivity index (χ2n) is 11.3. The second-order valence-corrected chi connectivity index (χ2v) is 13.3. The van der Waals surface area contributed by atoms with E-state index in [1.165, 1.54) is 12.1 Å². The molecule has 0 saturated heterocycles. The smallest absolute Gasteiger partial charge is 0.346 e. The van der Waals surface area contributed by atoms with Crippen molar-refractivity contribution in [1.29, 1.82) is 0 Å². The normalized spacial score (nSPS) is 22.7. The molecule has 3 aromatic rings. The predicted molar refractivity (Wildman–Crippen MR) is 133 cm³/mol. The molecular formula is C27H29F3N2O2S. The molecule has 3 fully saturated rings. The van der Waals surface area contributed by atoms with E-state index in [2.05, 4.69) is 25.2 Å². The molecule has 0 aliphatic heterocycles. The van der Waals surface area contributed by atoms with Crippen LogP contribution in [0.1, 0.15) is 58.1 Å². The van der Waals surface area contributed by atoms with E-state index in [0.29, 0.717) is 48.6 Å². The number of benzene rings is 2. The minimum Gasteiger partial charge on any atom is -0.346 e. The van der Waals surface area contributed by atoms with E-state index in [0.717, 1.165) is 17.0 Å². The highest BCUT2D eigenvalue weighted by atomic mass is 32.2. The van der Waals surface area contributed by atoms with Crippen LogP contribution >= 0.6 is 0 Å². The van der Waals surface area contributed by atoms with Crippen molar-refractivity contribution < 1.29 is 21.6 Å². The molecule has 0 amide bonds. The summed E-state index contributed by atoms with van der Waals surface area (Å²) < 4.78 is 72.6. The number of hydrogen-bond acceptors (Lipinski definition) is 2. The molecule has 2 bridgehead atoms. The summed E-state index contributed by atoms with van der Waals surface area (Å²) in [7, 11) is -3.62. The fourth-order valence-electron chi connectivity index (χ4n) is 5.41. The molecule has 2 aromatic carbocycles. The van der Waals surface area contributed by atoms with Crippen molar-refractivity contribution >= 4 is 26.6 Å². The highest BCUT2D eigenvalue weighted by Crippen LogP contribution is 2.62. The van der Waals surface area contributed by atoms with E-state index in [1.807, 2.05) is 10.8 Å². The lowest BCUT2D eigenvalue weighted by Gasteiger charge is -2.59. The lowest BCUT2D eigenvalue weighted by molar-refractivity contribution is -0.137. The van der Waals surface area contributed by atoms with Crippen LogP contribution in [0.4, 0.5) is 13.2 Å². The number of aromatic nitrogens is 1. The second kappa shape index (κ2) is 7.69. The third-order valence-electron chi connectivity index (χ3n) is 7.25. The lowest BCUT2D eigenvalue weighted by atomic mass is 9.55. The Balaban J connectivity index is 1.64. The molecule has 0 radical (unpaired) electrons. The fourth-order valence-corrected chi connectivity index (χ4v) is 7.40. The van der Waals surface area contributed by atoms with Gasteiger partial charge >= 0.3 is 6.18 Å². The van der Waals surface area contributed by atoms with Crippen molar-refractivity contribution in [3.8, 4) is 11.1 Å². The number of rotatable bonds is 5. The zero-order chi connectivity index (χ0) is 25.4. The number of fused-ring (bicyclic) bond motifs is 1. The Kier molecular flexibility index (Phi) is 5.30. The first-order valence-electron chi connectivity index (χ1n) is 11.8. The average molecular weight is 503 g/mol. The number of sulfonamides is 1. The van der Waals surface area contributed by atoms with E-state index in [-0.39, 0.29) is 11.0 Å². The van der Waals surface area contributed by atoms with Crippen LogP contribution in [-0.4, -0.2) is 23.4 Å². The minimum absolute atomic E-state index is 0.105. The van der Waals surface area contributed by atoms with Crippen LogP contribution < -0.4 is 0 Å². The summed E-state index contributed by atoms with van der Waals surface area (Å²) in [5.74, 6) is 0.520. The SMILES string of the molecule is C/C(=N\S(=O)(=O)C12CC(C1)C2)c1cn(CC(C)(C)C)c2cc(-c3ccccc3C(F)(F)F)ccc12. The van der Waals surface area contributed by atoms with Gasteiger partial charge in [0.05, 0.1) is 16.0 Å². The third-order valence-corrected chi connectivity index (χ3v) is 9.36.